The molecule has 0 aromatic heterocycles. The molecule has 0 radical (unpaired) electrons. The molecule has 2 amide bonds. The van der Waals surface area contributed by atoms with E-state index in [0.717, 1.165) is 4.90 Å². The number of aliphatic carboxylic acids is 2. The van der Waals surface area contributed by atoms with Crippen molar-refractivity contribution in [3.63, 3.8) is 0 Å². The molecule has 0 aromatic rings. The Hall–Kier alpha value is -2.16. The van der Waals surface area contributed by atoms with Crippen LogP contribution in [0.5, 0.6) is 0 Å². The van der Waals surface area contributed by atoms with Crippen LogP contribution < -0.4 is 11.1 Å². The highest BCUT2D eigenvalue weighted by Crippen LogP contribution is 2.19. The number of nitrogens with two attached hydrogens (primary N) is 1. The molecule has 0 aromatic carbocycles. The lowest BCUT2D eigenvalue weighted by Gasteiger charge is -2.27. The minimum Gasteiger partial charge on any atom is -0.481 e. The first-order chi connectivity index (χ1) is 10.6. The van der Waals surface area contributed by atoms with Crippen LogP contribution in [0.2, 0.25) is 0 Å². The average Bonchev–Trinajstić information content (AvgIpc) is 2.93. The summed E-state index contributed by atoms with van der Waals surface area (Å²) in [5.41, 5.74) is 5.69. The van der Waals surface area contributed by atoms with Gasteiger partial charge in [-0.05, 0) is 18.8 Å². The van der Waals surface area contributed by atoms with Crippen LogP contribution >= 0.6 is 0 Å². The zero-order valence-corrected chi connectivity index (χ0v) is 13.2. The van der Waals surface area contributed by atoms with Gasteiger partial charge in [-0.3, -0.25) is 14.4 Å². The topological polar surface area (TPSA) is 150 Å². The van der Waals surface area contributed by atoms with Gasteiger partial charge < -0.3 is 26.2 Å². The van der Waals surface area contributed by atoms with Gasteiger partial charge in [-0.1, -0.05) is 13.8 Å². The zero-order chi connectivity index (χ0) is 17.7. The summed E-state index contributed by atoms with van der Waals surface area (Å²) in [6.07, 6.45) is 0.195. The Morgan fingerprint density at radius 3 is 2.35 bits per heavy atom. The summed E-state index contributed by atoms with van der Waals surface area (Å²) >= 11 is 0. The van der Waals surface area contributed by atoms with Gasteiger partial charge in [-0.15, -0.1) is 0 Å². The molecule has 1 heterocycles. The Kier molecular flexibility index (Phi) is 6.49. The molecule has 9 nitrogen and oxygen atoms in total. The summed E-state index contributed by atoms with van der Waals surface area (Å²) in [7, 11) is 0. The number of carboxylic acid groups (broad SMARTS) is 2. The number of amides is 2. The highest BCUT2D eigenvalue weighted by molar-refractivity contribution is 5.94. The minimum atomic E-state index is -1.33. The van der Waals surface area contributed by atoms with Crippen LogP contribution in [0.1, 0.15) is 33.1 Å². The standard InChI is InChI=1S/C14H23N3O6/c1-7(2)11(15)12(20)16-8(6-10(18)19)13(21)17-5-3-4-9(17)14(22)23/h7-9,11H,3-6,15H2,1-2H3,(H,16,20)(H,18,19)(H,22,23)/t8-,9-,11-/m0/s1. The van der Waals surface area contributed by atoms with E-state index in [1.165, 1.54) is 0 Å². The number of hydrogen-bond acceptors (Lipinski definition) is 5. The fourth-order valence-corrected chi connectivity index (χ4v) is 2.43. The number of likely N-dealkylation sites (tertiary alicyclic amines) is 1. The first-order valence-electron chi connectivity index (χ1n) is 7.46. The van der Waals surface area contributed by atoms with Crippen LogP contribution in [0.3, 0.4) is 0 Å². The monoisotopic (exact) mass is 329 g/mol. The van der Waals surface area contributed by atoms with Crippen molar-refractivity contribution in [2.24, 2.45) is 11.7 Å². The van der Waals surface area contributed by atoms with Gasteiger partial charge in [0.15, 0.2) is 0 Å². The predicted molar refractivity (Wildman–Crippen MR) is 79.4 cm³/mol. The van der Waals surface area contributed by atoms with E-state index in [4.69, 9.17) is 15.9 Å². The number of carboxylic acids is 2. The summed E-state index contributed by atoms with van der Waals surface area (Å²) in [6.45, 7) is 3.66. The van der Waals surface area contributed by atoms with Crippen LogP contribution in [-0.4, -0.2) is 63.5 Å². The number of rotatable bonds is 7. The number of carbonyl (C=O) groups excluding carboxylic acids is 2. The van der Waals surface area contributed by atoms with Gasteiger partial charge in [-0.25, -0.2) is 4.79 Å². The lowest BCUT2D eigenvalue weighted by atomic mass is 10.0. The van der Waals surface area contributed by atoms with E-state index in [9.17, 15) is 19.2 Å². The molecule has 0 saturated carbocycles. The molecule has 0 bridgehead atoms. The third kappa shape index (κ3) is 4.92. The molecule has 0 aliphatic carbocycles. The van der Waals surface area contributed by atoms with Crippen molar-refractivity contribution >= 4 is 23.8 Å². The molecule has 5 N–H and O–H groups in total. The van der Waals surface area contributed by atoms with Crippen molar-refractivity contribution in [2.45, 2.75) is 51.2 Å². The Morgan fingerprint density at radius 2 is 1.87 bits per heavy atom. The molecule has 1 saturated heterocycles. The normalized spacial score (nSPS) is 20.2. The van der Waals surface area contributed by atoms with E-state index in [-0.39, 0.29) is 12.5 Å². The fourth-order valence-electron chi connectivity index (χ4n) is 2.43. The van der Waals surface area contributed by atoms with Crippen LogP contribution in [0, 0.1) is 5.92 Å². The molecule has 3 atom stereocenters. The maximum atomic E-state index is 12.5. The van der Waals surface area contributed by atoms with Gasteiger partial charge in [-0.2, -0.15) is 0 Å². The van der Waals surface area contributed by atoms with Gasteiger partial charge in [0.1, 0.15) is 12.1 Å². The molecular formula is C14H23N3O6. The second-order valence-electron chi connectivity index (χ2n) is 5.96. The first kappa shape index (κ1) is 18.9. The van der Waals surface area contributed by atoms with E-state index in [2.05, 4.69) is 5.32 Å². The zero-order valence-electron chi connectivity index (χ0n) is 13.2. The molecule has 9 heteroatoms. The SMILES string of the molecule is CC(C)[C@H](N)C(=O)N[C@@H](CC(=O)O)C(=O)N1CCC[C@H]1C(=O)O. The van der Waals surface area contributed by atoms with Crippen LogP contribution in [0.15, 0.2) is 0 Å². The van der Waals surface area contributed by atoms with Crippen molar-refractivity contribution in [1.82, 2.24) is 10.2 Å². The molecule has 1 rings (SSSR count). The van der Waals surface area contributed by atoms with Gasteiger partial charge >= 0.3 is 11.9 Å². The largest absolute Gasteiger partial charge is 0.481 e. The van der Waals surface area contributed by atoms with Gasteiger partial charge in [0.2, 0.25) is 11.8 Å². The smallest absolute Gasteiger partial charge is 0.326 e. The molecule has 1 fully saturated rings. The Bertz CT molecular complexity index is 493. The molecular weight excluding hydrogens is 306 g/mol. The summed E-state index contributed by atoms with van der Waals surface area (Å²) in [4.78, 5) is 47.7. The van der Waals surface area contributed by atoms with Crippen molar-refractivity contribution in [2.75, 3.05) is 6.54 Å². The Labute approximate surface area is 133 Å². The van der Waals surface area contributed by atoms with Gasteiger partial charge in [0.25, 0.3) is 0 Å². The molecule has 130 valence electrons. The Morgan fingerprint density at radius 1 is 1.26 bits per heavy atom. The number of nitrogens with zero attached hydrogens (tertiary/aromatic N) is 1. The third-order valence-corrected chi connectivity index (χ3v) is 3.84. The fraction of sp³-hybridized carbons (Fsp3) is 0.714. The van der Waals surface area contributed by atoms with Crippen molar-refractivity contribution in [1.29, 1.82) is 0 Å². The van der Waals surface area contributed by atoms with E-state index < -0.39 is 48.3 Å². The quantitative estimate of drug-likeness (QED) is 0.468. The predicted octanol–water partition coefficient (Wildman–Crippen LogP) is -0.995. The van der Waals surface area contributed by atoms with E-state index >= 15 is 0 Å². The van der Waals surface area contributed by atoms with Crippen molar-refractivity contribution in [3.05, 3.63) is 0 Å². The highest BCUT2D eigenvalue weighted by atomic mass is 16.4. The molecule has 1 aliphatic heterocycles. The maximum absolute atomic E-state index is 12.5. The number of nitrogens with one attached hydrogen (secondary N) is 1. The van der Waals surface area contributed by atoms with E-state index in [1.807, 2.05) is 0 Å². The average molecular weight is 329 g/mol. The molecule has 0 unspecified atom stereocenters. The van der Waals surface area contributed by atoms with Crippen LogP contribution in [-0.2, 0) is 19.2 Å². The minimum absolute atomic E-state index is 0.186. The summed E-state index contributed by atoms with van der Waals surface area (Å²) in [5.74, 6) is -3.94. The lowest BCUT2D eigenvalue weighted by molar-refractivity contribution is -0.150. The highest BCUT2D eigenvalue weighted by Gasteiger charge is 2.38. The van der Waals surface area contributed by atoms with Gasteiger partial charge in [0.05, 0.1) is 12.5 Å². The lowest BCUT2D eigenvalue weighted by Crippen LogP contribution is -2.55. The number of carbonyl (C=O) groups is 4. The summed E-state index contributed by atoms with van der Waals surface area (Å²) in [5, 5.41) is 20.4. The van der Waals surface area contributed by atoms with E-state index in [0.29, 0.717) is 12.8 Å². The van der Waals surface area contributed by atoms with Gasteiger partial charge in [0, 0.05) is 6.54 Å². The first-order valence-corrected chi connectivity index (χ1v) is 7.46. The number of hydrogen-bond donors (Lipinski definition) is 4. The van der Waals surface area contributed by atoms with Crippen molar-refractivity contribution < 1.29 is 29.4 Å². The Balaban J connectivity index is 2.88. The molecule has 0 spiro atoms. The van der Waals surface area contributed by atoms with Crippen LogP contribution in [0.25, 0.3) is 0 Å². The third-order valence-electron chi connectivity index (χ3n) is 3.84. The second kappa shape index (κ2) is 7.91. The van der Waals surface area contributed by atoms with E-state index in [1.54, 1.807) is 13.8 Å². The van der Waals surface area contributed by atoms with Crippen LogP contribution in [0.4, 0.5) is 0 Å². The van der Waals surface area contributed by atoms with Crippen molar-refractivity contribution in [3.8, 4) is 0 Å². The molecule has 1 aliphatic rings. The molecule has 23 heavy (non-hydrogen) atoms. The second-order valence-corrected chi connectivity index (χ2v) is 5.96. The summed E-state index contributed by atoms with van der Waals surface area (Å²) < 4.78 is 0. The summed E-state index contributed by atoms with van der Waals surface area (Å²) in [6, 6.07) is -3.20. The maximum Gasteiger partial charge on any atom is 0.326 e.